The fraction of sp³-hybridized carbons (Fsp3) is 0.179. The van der Waals surface area contributed by atoms with Crippen LogP contribution in [-0.4, -0.2) is 42.2 Å². The quantitative estimate of drug-likeness (QED) is 0.381. The molecule has 1 heterocycles. The molecule has 9 nitrogen and oxygen atoms in total. The van der Waals surface area contributed by atoms with Gasteiger partial charge in [0.25, 0.3) is 23.6 Å². The van der Waals surface area contributed by atoms with Gasteiger partial charge in [-0.1, -0.05) is 30.3 Å². The number of nitrogens with zero attached hydrogens (tertiary/aromatic N) is 1. The summed E-state index contributed by atoms with van der Waals surface area (Å²) in [5, 5.41) is 5.46. The van der Waals surface area contributed by atoms with Crippen LogP contribution in [0.15, 0.2) is 66.7 Å². The monoisotopic (exact) mass is 497 g/mol. The van der Waals surface area contributed by atoms with E-state index < -0.39 is 30.3 Å². The molecule has 0 unspecified atom stereocenters. The summed E-state index contributed by atoms with van der Waals surface area (Å²) in [6.07, 6.45) is 1.87. The second kappa shape index (κ2) is 9.69. The lowest BCUT2D eigenvalue weighted by molar-refractivity contribution is -0.119. The number of nitrogens with one attached hydrogen (secondary N) is 2. The maximum atomic E-state index is 13.0. The van der Waals surface area contributed by atoms with Crippen molar-refractivity contribution in [1.82, 2.24) is 5.32 Å². The molecule has 1 saturated carbocycles. The zero-order chi connectivity index (χ0) is 26.1. The van der Waals surface area contributed by atoms with E-state index in [9.17, 15) is 24.0 Å². The minimum absolute atomic E-state index is 0.0311. The van der Waals surface area contributed by atoms with Crippen LogP contribution in [0.2, 0.25) is 0 Å². The first kappa shape index (κ1) is 23.9. The standard InChI is InChI=1S/C28H23N3O6/c1-16-6-2-5-9-23(16)31-26(34)19-13-10-17(14-21(19)27(31)35)28(36)37-15-24(32)30-22-8-4-3-7-20(22)25(33)29-18-11-12-18/h2-10,13-14,18H,11-12,15H2,1H3,(H,29,33)(H,30,32). The summed E-state index contributed by atoms with van der Waals surface area (Å²) in [6, 6.07) is 17.8. The Morgan fingerprint density at radius 1 is 0.919 bits per heavy atom. The topological polar surface area (TPSA) is 122 Å². The number of hydrogen-bond donors (Lipinski definition) is 2. The molecule has 1 aliphatic heterocycles. The Kier molecular flexibility index (Phi) is 6.27. The minimum Gasteiger partial charge on any atom is -0.452 e. The van der Waals surface area contributed by atoms with Crippen LogP contribution in [0.3, 0.4) is 0 Å². The molecular weight excluding hydrogens is 474 g/mol. The molecule has 186 valence electrons. The molecule has 1 aliphatic carbocycles. The molecule has 9 heteroatoms. The van der Waals surface area contributed by atoms with Crippen LogP contribution in [0.4, 0.5) is 11.4 Å². The van der Waals surface area contributed by atoms with Crippen LogP contribution in [0.25, 0.3) is 0 Å². The van der Waals surface area contributed by atoms with E-state index in [1.54, 1.807) is 49.4 Å². The predicted molar refractivity (Wildman–Crippen MR) is 135 cm³/mol. The van der Waals surface area contributed by atoms with Crippen molar-refractivity contribution in [2.45, 2.75) is 25.8 Å². The number of carbonyl (C=O) groups excluding carboxylic acids is 5. The Hall–Kier alpha value is -4.79. The van der Waals surface area contributed by atoms with Crippen LogP contribution in [0, 0.1) is 6.92 Å². The third kappa shape index (κ3) is 4.84. The van der Waals surface area contributed by atoms with Gasteiger partial charge < -0.3 is 15.4 Å². The van der Waals surface area contributed by atoms with E-state index in [4.69, 9.17) is 4.74 Å². The van der Waals surface area contributed by atoms with Gasteiger partial charge in [-0.2, -0.15) is 0 Å². The molecule has 1 fully saturated rings. The zero-order valence-electron chi connectivity index (χ0n) is 19.9. The van der Waals surface area contributed by atoms with E-state index in [0.717, 1.165) is 23.3 Å². The largest absolute Gasteiger partial charge is 0.452 e. The number of amides is 4. The van der Waals surface area contributed by atoms with Gasteiger partial charge in [0.05, 0.1) is 33.6 Å². The average molecular weight is 498 g/mol. The van der Waals surface area contributed by atoms with E-state index in [1.807, 2.05) is 6.07 Å². The molecule has 3 aromatic rings. The molecule has 37 heavy (non-hydrogen) atoms. The van der Waals surface area contributed by atoms with Crippen LogP contribution in [0.1, 0.15) is 59.8 Å². The van der Waals surface area contributed by atoms with Gasteiger partial charge in [-0.05, 0) is 61.7 Å². The lowest BCUT2D eigenvalue weighted by atomic mass is 10.1. The number of anilines is 2. The number of benzene rings is 3. The van der Waals surface area contributed by atoms with Crippen molar-refractivity contribution in [2.24, 2.45) is 0 Å². The lowest BCUT2D eigenvalue weighted by Gasteiger charge is -2.16. The smallest absolute Gasteiger partial charge is 0.338 e. The van der Waals surface area contributed by atoms with E-state index in [2.05, 4.69) is 10.6 Å². The Labute approximate surface area is 212 Å². The molecule has 2 N–H and O–H groups in total. The first-order chi connectivity index (χ1) is 17.8. The lowest BCUT2D eigenvalue weighted by Crippen LogP contribution is -2.29. The fourth-order valence-electron chi connectivity index (χ4n) is 4.08. The van der Waals surface area contributed by atoms with E-state index in [1.165, 1.54) is 18.2 Å². The highest BCUT2D eigenvalue weighted by molar-refractivity contribution is 6.35. The molecule has 0 aromatic heterocycles. The number of imide groups is 1. The van der Waals surface area contributed by atoms with Gasteiger partial charge in [-0.15, -0.1) is 0 Å². The summed E-state index contributed by atoms with van der Waals surface area (Å²) < 4.78 is 5.13. The molecule has 0 atom stereocenters. The fourth-order valence-corrected chi connectivity index (χ4v) is 4.08. The average Bonchev–Trinajstić information content (AvgIpc) is 3.68. The van der Waals surface area contributed by atoms with Crippen molar-refractivity contribution in [1.29, 1.82) is 0 Å². The number of hydrogen-bond acceptors (Lipinski definition) is 6. The van der Waals surface area contributed by atoms with Crippen LogP contribution in [-0.2, 0) is 9.53 Å². The number of aryl methyl sites for hydroxylation is 1. The van der Waals surface area contributed by atoms with Crippen molar-refractivity contribution in [3.63, 3.8) is 0 Å². The first-order valence-corrected chi connectivity index (χ1v) is 11.8. The number of fused-ring (bicyclic) bond motifs is 1. The van der Waals surface area contributed by atoms with Gasteiger partial charge in [-0.3, -0.25) is 19.2 Å². The minimum atomic E-state index is -0.827. The highest BCUT2D eigenvalue weighted by Crippen LogP contribution is 2.31. The van der Waals surface area contributed by atoms with Crippen molar-refractivity contribution >= 4 is 41.0 Å². The Morgan fingerprint density at radius 3 is 2.38 bits per heavy atom. The normalized spacial score (nSPS) is 14.2. The molecule has 0 spiro atoms. The van der Waals surface area contributed by atoms with Crippen LogP contribution >= 0.6 is 0 Å². The Bertz CT molecular complexity index is 1460. The second-order valence-corrected chi connectivity index (χ2v) is 8.91. The number of rotatable bonds is 7. The molecule has 0 radical (unpaired) electrons. The van der Waals surface area contributed by atoms with Gasteiger partial charge in [-0.25, -0.2) is 9.69 Å². The molecule has 2 aliphatic rings. The molecule has 5 rings (SSSR count). The molecule has 0 saturated heterocycles. The maximum Gasteiger partial charge on any atom is 0.338 e. The summed E-state index contributed by atoms with van der Waals surface area (Å²) in [5.41, 5.74) is 2.15. The molecule has 3 aromatic carbocycles. The van der Waals surface area contributed by atoms with Gasteiger partial charge in [0.2, 0.25) is 0 Å². The van der Waals surface area contributed by atoms with Crippen LogP contribution < -0.4 is 15.5 Å². The molecular formula is C28H23N3O6. The van der Waals surface area contributed by atoms with E-state index in [-0.39, 0.29) is 28.6 Å². The first-order valence-electron chi connectivity index (χ1n) is 11.8. The number of carbonyl (C=O) groups is 5. The van der Waals surface area contributed by atoms with Crippen molar-refractivity contribution in [3.8, 4) is 0 Å². The van der Waals surface area contributed by atoms with Gasteiger partial charge in [0.15, 0.2) is 6.61 Å². The van der Waals surface area contributed by atoms with Crippen molar-refractivity contribution in [2.75, 3.05) is 16.8 Å². The number of ether oxygens (including phenoxy) is 1. The Balaban J connectivity index is 1.24. The summed E-state index contributed by atoms with van der Waals surface area (Å²) in [7, 11) is 0. The highest BCUT2D eigenvalue weighted by Gasteiger charge is 2.37. The number of para-hydroxylation sites is 2. The molecule has 0 bridgehead atoms. The maximum absolute atomic E-state index is 13.0. The van der Waals surface area contributed by atoms with E-state index in [0.29, 0.717) is 16.9 Å². The molecule has 4 amide bonds. The van der Waals surface area contributed by atoms with Crippen molar-refractivity contribution < 1.29 is 28.7 Å². The summed E-state index contributed by atoms with van der Waals surface area (Å²) in [6.45, 7) is 1.20. The number of esters is 1. The SMILES string of the molecule is Cc1ccccc1N1C(=O)c2ccc(C(=O)OCC(=O)Nc3ccccc3C(=O)NC3CC3)cc2C1=O. The summed E-state index contributed by atoms with van der Waals surface area (Å²) in [5.74, 6) is -2.75. The predicted octanol–water partition coefficient (Wildman–Crippen LogP) is 3.48. The third-order valence-electron chi connectivity index (χ3n) is 6.17. The van der Waals surface area contributed by atoms with Gasteiger partial charge >= 0.3 is 5.97 Å². The van der Waals surface area contributed by atoms with Gasteiger partial charge in [0, 0.05) is 6.04 Å². The second-order valence-electron chi connectivity index (χ2n) is 8.91. The summed E-state index contributed by atoms with van der Waals surface area (Å²) in [4.78, 5) is 64.5. The summed E-state index contributed by atoms with van der Waals surface area (Å²) >= 11 is 0. The third-order valence-corrected chi connectivity index (χ3v) is 6.17. The van der Waals surface area contributed by atoms with Crippen molar-refractivity contribution in [3.05, 3.63) is 94.5 Å². The van der Waals surface area contributed by atoms with Crippen LogP contribution in [0.5, 0.6) is 0 Å². The zero-order valence-corrected chi connectivity index (χ0v) is 19.9. The highest BCUT2D eigenvalue weighted by atomic mass is 16.5. The van der Waals surface area contributed by atoms with Gasteiger partial charge in [0.1, 0.15) is 0 Å². The van der Waals surface area contributed by atoms with E-state index >= 15 is 0 Å². The Morgan fingerprint density at radius 2 is 1.62 bits per heavy atom.